The number of esters is 1. The first kappa shape index (κ1) is 19.5. The molecule has 6 nitrogen and oxygen atoms in total. The molecule has 0 spiro atoms. The molecule has 8 heteroatoms. The summed E-state index contributed by atoms with van der Waals surface area (Å²) in [7, 11) is 0. The van der Waals surface area contributed by atoms with E-state index in [1.165, 1.54) is 19.1 Å². The van der Waals surface area contributed by atoms with Gasteiger partial charge in [0, 0.05) is 17.7 Å². The molecular weight excluding hydrogens is 370 g/mol. The summed E-state index contributed by atoms with van der Waals surface area (Å²) in [6, 6.07) is 8.77. The summed E-state index contributed by atoms with van der Waals surface area (Å²) in [6.07, 6.45) is 0.571. The summed E-state index contributed by atoms with van der Waals surface area (Å²) in [5.74, 6) is -3.19. The van der Waals surface area contributed by atoms with Crippen molar-refractivity contribution in [1.82, 2.24) is 0 Å². The van der Waals surface area contributed by atoms with Crippen LogP contribution in [0.4, 0.5) is 20.2 Å². The van der Waals surface area contributed by atoms with Crippen molar-refractivity contribution in [3.8, 4) is 0 Å². The van der Waals surface area contributed by atoms with Crippen LogP contribution in [0.1, 0.15) is 30.1 Å². The predicted molar refractivity (Wildman–Crippen MR) is 97.7 cm³/mol. The number of carbonyl (C=O) groups is 3. The number of rotatable bonds is 6. The molecule has 0 bridgehead atoms. The Morgan fingerprint density at radius 1 is 1.04 bits per heavy atom. The molecule has 1 unspecified atom stereocenters. The highest BCUT2D eigenvalue weighted by Gasteiger charge is 2.29. The quantitative estimate of drug-likeness (QED) is 0.742. The first-order valence-electron chi connectivity index (χ1n) is 8.71. The molecule has 146 valence electrons. The van der Waals surface area contributed by atoms with Gasteiger partial charge >= 0.3 is 5.97 Å². The molecule has 1 aliphatic rings. The van der Waals surface area contributed by atoms with Crippen molar-refractivity contribution in [3.05, 3.63) is 59.7 Å². The molecule has 28 heavy (non-hydrogen) atoms. The summed E-state index contributed by atoms with van der Waals surface area (Å²) in [5.41, 5.74) is 0.535. The maximum absolute atomic E-state index is 13.6. The lowest BCUT2D eigenvalue weighted by Gasteiger charge is -2.14. The van der Waals surface area contributed by atoms with Crippen LogP contribution in [-0.2, 0) is 14.3 Å². The molecule has 3 rings (SSSR count). The molecule has 0 radical (unpaired) electrons. The van der Waals surface area contributed by atoms with E-state index in [0.29, 0.717) is 11.8 Å². The Morgan fingerprint density at radius 2 is 1.71 bits per heavy atom. The van der Waals surface area contributed by atoms with Gasteiger partial charge in [-0.2, -0.15) is 0 Å². The Morgan fingerprint density at radius 3 is 2.32 bits per heavy atom. The zero-order chi connectivity index (χ0) is 20.3. The van der Waals surface area contributed by atoms with E-state index in [1.807, 2.05) is 0 Å². The number of hydrogen-bond donors (Lipinski definition) is 2. The molecule has 0 aromatic heterocycles. The Balaban J connectivity index is 1.55. The number of amides is 2. The van der Waals surface area contributed by atoms with E-state index in [9.17, 15) is 23.2 Å². The molecule has 1 atom stereocenters. The number of anilines is 2. The van der Waals surface area contributed by atoms with Gasteiger partial charge in [-0.15, -0.1) is 0 Å². The van der Waals surface area contributed by atoms with E-state index in [1.54, 1.807) is 12.1 Å². The van der Waals surface area contributed by atoms with Crippen molar-refractivity contribution in [2.45, 2.75) is 25.9 Å². The molecule has 0 saturated heterocycles. The largest absolute Gasteiger partial charge is 0.449 e. The van der Waals surface area contributed by atoms with Gasteiger partial charge in [0.05, 0.1) is 11.3 Å². The van der Waals surface area contributed by atoms with Crippen LogP contribution in [0.25, 0.3) is 0 Å². The second-order valence-electron chi connectivity index (χ2n) is 6.50. The van der Waals surface area contributed by atoms with Gasteiger partial charge in [0.15, 0.2) is 6.10 Å². The van der Waals surface area contributed by atoms with Crippen LogP contribution >= 0.6 is 0 Å². The third-order valence-electron chi connectivity index (χ3n) is 4.18. The fourth-order valence-electron chi connectivity index (χ4n) is 2.39. The van der Waals surface area contributed by atoms with E-state index in [4.69, 9.17) is 4.74 Å². The molecular formula is C20H18F2N2O4. The summed E-state index contributed by atoms with van der Waals surface area (Å²) in [4.78, 5) is 35.9. The molecule has 0 aliphatic heterocycles. The third kappa shape index (κ3) is 4.91. The van der Waals surface area contributed by atoms with Crippen molar-refractivity contribution < 1.29 is 27.9 Å². The molecule has 2 N–H and O–H groups in total. The second kappa shape index (κ2) is 8.16. The normalized spacial score (nSPS) is 14.1. The Bertz CT molecular complexity index is 911. The van der Waals surface area contributed by atoms with Crippen molar-refractivity contribution in [1.29, 1.82) is 0 Å². The molecule has 2 amide bonds. The van der Waals surface area contributed by atoms with Gasteiger partial charge in [0.2, 0.25) is 5.91 Å². The summed E-state index contributed by atoms with van der Waals surface area (Å²) < 4.78 is 31.6. The van der Waals surface area contributed by atoms with Crippen LogP contribution in [0, 0.1) is 17.6 Å². The number of benzene rings is 2. The van der Waals surface area contributed by atoms with Crippen LogP contribution < -0.4 is 10.6 Å². The highest BCUT2D eigenvalue weighted by Crippen LogP contribution is 2.30. The molecule has 1 fully saturated rings. The van der Waals surface area contributed by atoms with Gasteiger partial charge in [-0.25, -0.2) is 13.6 Å². The smallest absolute Gasteiger partial charge is 0.338 e. The lowest BCUT2D eigenvalue weighted by Crippen LogP contribution is -2.30. The minimum absolute atomic E-state index is 0.0476. The third-order valence-corrected chi connectivity index (χ3v) is 4.18. The zero-order valence-corrected chi connectivity index (χ0v) is 15.0. The summed E-state index contributed by atoms with van der Waals surface area (Å²) >= 11 is 0. The predicted octanol–water partition coefficient (Wildman–Crippen LogP) is 3.50. The van der Waals surface area contributed by atoms with Crippen LogP contribution in [0.3, 0.4) is 0 Å². The average Bonchev–Trinajstić information content (AvgIpc) is 3.49. The number of carbonyl (C=O) groups excluding carboxylic acids is 3. The maximum atomic E-state index is 13.6. The SMILES string of the molecule is CC(OC(=O)c1ccc(NC(=O)C2CC2)cc1)C(=O)Nc1ccc(F)cc1F. The van der Waals surface area contributed by atoms with Crippen molar-refractivity contribution in [2.24, 2.45) is 5.92 Å². The number of ether oxygens (including phenoxy) is 1. The van der Waals surface area contributed by atoms with Crippen LogP contribution in [-0.4, -0.2) is 23.9 Å². The fourth-order valence-corrected chi connectivity index (χ4v) is 2.39. The fraction of sp³-hybridized carbons (Fsp3) is 0.250. The lowest BCUT2D eigenvalue weighted by atomic mass is 10.2. The first-order chi connectivity index (χ1) is 13.3. The first-order valence-corrected chi connectivity index (χ1v) is 8.71. The Labute approximate surface area is 159 Å². The minimum Gasteiger partial charge on any atom is -0.449 e. The molecule has 1 aliphatic carbocycles. The summed E-state index contributed by atoms with van der Waals surface area (Å²) in [6.45, 7) is 1.33. The molecule has 1 saturated carbocycles. The van der Waals surface area contributed by atoms with Crippen molar-refractivity contribution >= 4 is 29.2 Å². The number of halogens is 2. The molecule has 2 aromatic rings. The topological polar surface area (TPSA) is 84.5 Å². The van der Waals surface area contributed by atoms with E-state index < -0.39 is 29.6 Å². The van der Waals surface area contributed by atoms with E-state index in [-0.39, 0.29) is 23.1 Å². The summed E-state index contributed by atoms with van der Waals surface area (Å²) in [5, 5.41) is 4.98. The minimum atomic E-state index is -1.20. The van der Waals surface area contributed by atoms with E-state index >= 15 is 0 Å². The van der Waals surface area contributed by atoms with Crippen molar-refractivity contribution in [3.63, 3.8) is 0 Å². The number of hydrogen-bond acceptors (Lipinski definition) is 4. The monoisotopic (exact) mass is 388 g/mol. The average molecular weight is 388 g/mol. The molecule has 2 aromatic carbocycles. The number of nitrogens with one attached hydrogen (secondary N) is 2. The van der Waals surface area contributed by atoms with Gasteiger partial charge in [-0.3, -0.25) is 9.59 Å². The highest BCUT2D eigenvalue weighted by atomic mass is 19.1. The van der Waals surface area contributed by atoms with Gasteiger partial charge in [0.25, 0.3) is 5.91 Å². The Hall–Kier alpha value is -3.29. The second-order valence-corrected chi connectivity index (χ2v) is 6.50. The van der Waals surface area contributed by atoms with Gasteiger partial charge in [-0.1, -0.05) is 0 Å². The zero-order valence-electron chi connectivity index (χ0n) is 15.0. The molecule has 0 heterocycles. The van der Waals surface area contributed by atoms with E-state index in [0.717, 1.165) is 25.0 Å². The van der Waals surface area contributed by atoms with Gasteiger partial charge in [0.1, 0.15) is 11.6 Å². The van der Waals surface area contributed by atoms with Gasteiger partial charge in [-0.05, 0) is 56.2 Å². The van der Waals surface area contributed by atoms with Crippen molar-refractivity contribution in [2.75, 3.05) is 10.6 Å². The van der Waals surface area contributed by atoms with Gasteiger partial charge < -0.3 is 15.4 Å². The van der Waals surface area contributed by atoms with Crippen LogP contribution in [0.2, 0.25) is 0 Å². The maximum Gasteiger partial charge on any atom is 0.338 e. The Kier molecular flexibility index (Phi) is 5.67. The van der Waals surface area contributed by atoms with Crippen LogP contribution in [0.5, 0.6) is 0 Å². The highest BCUT2D eigenvalue weighted by molar-refractivity contribution is 5.98. The van der Waals surface area contributed by atoms with Crippen LogP contribution in [0.15, 0.2) is 42.5 Å². The standard InChI is InChI=1S/C20H18F2N2O4/c1-11(18(25)24-17-9-6-14(21)10-16(17)22)28-20(27)13-4-7-15(8-5-13)23-19(26)12-2-3-12/h4-12H,2-3H2,1H3,(H,23,26)(H,24,25). The van der Waals surface area contributed by atoms with E-state index in [2.05, 4.69) is 10.6 Å². The lowest BCUT2D eigenvalue weighted by molar-refractivity contribution is -0.123.